The molecule has 0 atom stereocenters. The van der Waals surface area contributed by atoms with E-state index in [0.29, 0.717) is 18.8 Å². The first-order valence-electron chi connectivity index (χ1n) is 5.19. The quantitative estimate of drug-likeness (QED) is 0.712. The average molecular weight is 220 g/mol. The number of fused-ring (bicyclic) bond motifs is 1. The first-order valence-corrected chi connectivity index (χ1v) is 5.19. The minimum absolute atomic E-state index is 0.299. The molecule has 2 rings (SSSR count). The van der Waals surface area contributed by atoms with Gasteiger partial charge in [0.2, 0.25) is 0 Å². The van der Waals surface area contributed by atoms with Crippen LogP contribution in [0.4, 0.5) is 4.39 Å². The molecule has 0 fully saturated rings. The van der Waals surface area contributed by atoms with Crippen molar-refractivity contribution < 1.29 is 9.13 Å². The summed E-state index contributed by atoms with van der Waals surface area (Å²) in [6.45, 7) is 1.88. The number of nitrogens with zero attached hydrogens (tertiary/aromatic N) is 2. The Morgan fingerprint density at radius 2 is 2.31 bits per heavy atom. The lowest BCUT2D eigenvalue weighted by Crippen LogP contribution is -2.30. The number of nitriles is 1. The van der Waals surface area contributed by atoms with E-state index < -0.39 is 0 Å². The number of benzene rings is 1. The van der Waals surface area contributed by atoms with Crippen LogP contribution < -0.4 is 4.74 Å². The van der Waals surface area contributed by atoms with E-state index in [4.69, 9.17) is 10.00 Å². The zero-order valence-electron chi connectivity index (χ0n) is 9.16. The lowest BCUT2D eigenvalue weighted by molar-refractivity contribution is 0.283. The summed E-state index contributed by atoms with van der Waals surface area (Å²) in [6, 6.07) is 5.38. The lowest BCUT2D eigenvalue weighted by Gasteiger charge is -2.26. The van der Waals surface area contributed by atoms with E-state index in [0.717, 1.165) is 24.1 Å². The van der Waals surface area contributed by atoms with Crippen LogP contribution in [0.3, 0.4) is 0 Å². The van der Waals surface area contributed by atoms with Crippen LogP contribution in [-0.4, -0.2) is 25.1 Å². The molecule has 0 unspecified atom stereocenters. The van der Waals surface area contributed by atoms with Gasteiger partial charge in [-0.15, -0.1) is 0 Å². The van der Waals surface area contributed by atoms with Crippen molar-refractivity contribution in [3.63, 3.8) is 0 Å². The van der Waals surface area contributed by atoms with Crippen LogP contribution in [0.1, 0.15) is 11.1 Å². The van der Waals surface area contributed by atoms with E-state index in [1.807, 2.05) is 4.90 Å². The maximum Gasteiger partial charge on any atom is 0.165 e. The van der Waals surface area contributed by atoms with Gasteiger partial charge in [0, 0.05) is 13.1 Å². The number of ether oxygens (including phenoxy) is 1. The Balaban J connectivity index is 2.27. The van der Waals surface area contributed by atoms with Gasteiger partial charge in [0.1, 0.15) is 0 Å². The Morgan fingerprint density at radius 3 is 3.00 bits per heavy atom. The van der Waals surface area contributed by atoms with Crippen molar-refractivity contribution in [1.82, 2.24) is 4.90 Å². The number of hydrogen-bond acceptors (Lipinski definition) is 3. The van der Waals surface area contributed by atoms with E-state index in [1.165, 1.54) is 13.2 Å². The van der Waals surface area contributed by atoms with Gasteiger partial charge in [-0.25, -0.2) is 4.39 Å². The molecule has 0 saturated heterocycles. The molecule has 3 nitrogen and oxygen atoms in total. The molecule has 0 aromatic heterocycles. The summed E-state index contributed by atoms with van der Waals surface area (Å²) < 4.78 is 18.4. The van der Waals surface area contributed by atoms with E-state index in [1.54, 1.807) is 6.07 Å². The smallest absolute Gasteiger partial charge is 0.165 e. The van der Waals surface area contributed by atoms with Crippen LogP contribution in [0.15, 0.2) is 12.1 Å². The van der Waals surface area contributed by atoms with E-state index in [2.05, 4.69) is 6.07 Å². The van der Waals surface area contributed by atoms with Crippen molar-refractivity contribution in [1.29, 1.82) is 5.26 Å². The SMILES string of the molecule is COc1cc2c(cc1F)CN(CC#N)CC2. The standard InChI is InChI=1S/C12H13FN2O/c1-16-12-7-9-2-4-15(5-3-14)8-10(9)6-11(12)13/h6-7H,2,4-5,8H2,1H3. The predicted molar refractivity (Wildman–Crippen MR) is 57.5 cm³/mol. The van der Waals surface area contributed by atoms with Crippen LogP contribution in [0.2, 0.25) is 0 Å². The van der Waals surface area contributed by atoms with Crippen LogP contribution in [0.25, 0.3) is 0 Å². The molecule has 0 bridgehead atoms. The molecule has 0 N–H and O–H groups in total. The second-order valence-electron chi connectivity index (χ2n) is 3.87. The second-order valence-corrected chi connectivity index (χ2v) is 3.87. The Morgan fingerprint density at radius 1 is 1.50 bits per heavy atom. The minimum atomic E-state index is -0.333. The van der Waals surface area contributed by atoms with E-state index in [-0.39, 0.29) is 5.82 Å². The largest absolute Gasteiger partial charge is 0.494 e. The Hall–Kier alpha value is -1.60. The normalized spacial score (nSPS) is 15.3. The van der Waals surface area contributed by atoms with Crippen LogP contribution in [-0.2, 0) is 13.0 Å². The van der Waals surface area contributed by atoms with Crippen molar-refractivity contribution in [2.45, 2.75) is 13.0 Å². The highest BCUT2D eigenvalue weighted by molar-refractivity contribution is 5.38. The van der Waals surface area contributed by atoms with Crippen molar-refractivity contribution in [2.24, 2.45) is 0 Å². The van der Waals surface area contributed by atoms with Crippen molar-refractivity contribution in [3.05, 3.63) is 29.1 Å². The molecule has 0 aliphatic carbocycles. The average Bonchev–Trinajstić information content (AvgIpc) is 2.28. The second kappa shape index (κ2) is 4.50. The van der Waals surface area contributed by atoms with E-state index in [9.17, 15) is 4.39 Å². The predicted octanol–water partition coefficient (Wildman–Crippen LogP) is 1.72. The zero-order valence-corrected chi connectivity index (χ0v) is 9.16. The third-order valence-corrected chi connectivity index (χ3v) is 2.86. The van der Waals surface area contributed by atoms with Gasteiger partial charge in [0.05, 0.1) is 19.7 Å². The maximum atomic E-state index is 13.5. The summed E-state index contributed by atoms with van der Waals surface area (Å²) in [7, 11) is 1.47. The molecule has 1 aliphatic heterocycles. The molecule has 1 aromatic carbocycles. The van der Waals surface area contributed by atoms with Gasteiger partial charge < -0.3 is 4.74 Å². The van der Waals surface area contributed by atoms with Gasteiger partial charge in [-0.1, -0.05) is 0 Å². The zero-order chi connectivity index (χ0) is 11.5. The van der Waals surface area contributed by atoms with E-state index >= 15 is 0 Å². The fourth-order valence-electron chi connectivity index (χ4n) is 2.01. The van der Waals surface area contributed by atoms with Gasteiger partial charge >= 0.3 is 0 Å². The van der Waals surface area contributed by atoms with Crippen molar-refractivity contribution in [2.75, 3.05) is 20.2 Å². The monoisotopic (exact) mass is 220 g/mol. The summed E-state index contributed by atoms with van der Waals surface area (Å²) >= 11 is 0. The fourth-order valence-corrected chi connectivity index (χ4v) is 2.01. The van der Waals surface area contributed by atoms with Gasteiger partial charge in [0.25, 0.3) is 0 Å². The summed E-state index contributed by atoms with van der Waals surface area (Å²) in [5.74, 6) is -0.0347. The van der Waals surface area contributed by atoms with Crippen molar-refractivity contribution in [3.8, 4) is 11.8 Å². The first-order chi connectivity index (χ1) is 7.74. The number of methoxy groups -OCH3 is 1. The molecule has 0 amide bonds. The third-order valence-electron chi connectivity index (χ3n) is 2.86. The minimum Gasteiger partial charge on any atom is -0.494 e. The molecule has 0 radical (unpaired) electrons. The van der Waals surface area contributed by atoms with Crippen molar-refractivity contribution >= 4 is 0 Å². The summed E-state index contributed by atoms with van der Waals surface area (Å²) in [4.78, 5) is 2.01. The van der Waals surface area contributed by atoms with Gasteiger partial charge in [0.15, 0.2) is 11.6 Å². The van der Waals surface area contributed by atoms with Crippen LogP contribution in [0, 0.1) is 17.1 Å². The summed E-state index contributed by atoms with van der Waals surface area (Å²) in [5.41, 5.74) is 2.08. The molecule has 16 heavy (non-hydrogen) atoms. The van der Waals surface area contributed by atoms with Crippen LogP contribution >= 0.6 is 0 Å². The summed E-state index contributed by atoms with van der Waals surface area (Å²) in [5, 5.41) is 8.62. The highest BCUT2D eigenvalue weighted by atomic mass is 19.1. The Bertz CT molecular complexity index is 439. The Kier molecular flexibility index (Phi) is 3.07. The fraction of sp³-hybridized carbons (Fsp3) is 0.417. The van der Waals surface area contributed by atoms with Gasteiger partial charge in [-0.3, -0.25) is 4.90 Å². The number of rotatable bonds is 2. The highest BCUT2D eigenvalue weighted by Crippen LogP contribution is 2.26. The molecule has 0 saturated carbocycles. The molecular formula is C12H13FN2O. The molecule has 84 valence electrons. The highest BCUT2D eigenvalue weighted by Gasteiger charge is 2.18. The lowest BCUT2D eigenvalue weighted by atomic mass is 9.99. The number of hydrogen-bond donors (Lipinski definition) is 0. The molecular weight excluding hydrogens is 207 g/mol. The van der Waals surface area contributed by atoms with Gasteiger partial charge in [-0.05, 0) is 29.7 Å². The third kappa shape index (κ3) is 2.00. The maximum absolute atomic E-state index is 13.5. The Labute approximate surface area is 94.0 Å². The molecule has 1 heterocycles. The van der Waals surface area contributed by atoms with Crippen LogP contribution in [0.5, 0.6) is 5.75 Å². The molecule has 0 spiro atoms. The van der Waals surface area contributed by atoms with Gasteiger partial charge in [-0.2, -0.15) is 5.26 Å². The topological polar surface area (TPSA) is 36.3 Å². The molecule has 1 aliphatic rings. The molecule has 4 heteroatoms. The molecule has 1 aromatic rings. The number of halogens is 1. The summed E-state index contributed by atoms with van der Waals surface area (Å²) in [6.07, 6.45) is 0.841. The first kappa shape index (κ1) is 10.9.